The molecule has 2 rings (SSSR count). The maximum atomic E-state index is 13.4. The molecule has 0 heterocycles. The molecule has 1 aromatic rings. The Hall–Kier alpha value is -1.09. The van der Waals surface area contributed by atoms with Crippen molar-refractivity contribution in [3.8, 4) is 0 Å². The second-order valence-electron chi connectivity index (χ2n) is 3.72. The van der Waals surface area contributed by atoms with Gasteiger partial charge in [-0.15, -0.1) is 0 Å². The summed E-state index contributed by atoms with van der Waals surface area (Å²) >= 11 is 0. The van der Waals surface area contributed by atoms with Crippen LogP contribution in [-0.4, -0.2) is 12.6 Å². The van der Waals surface area contributed by atoms with Gasteiger partial charge in [-0.2, -0.15) is 0 Å². The van der Waals surface area contributed by atoms with Crippen LogP contribution in [-0.2, 0) is 6.42 Å². The van der Waals surface area contributed by atoms with Gasteiger partial charge in [-0.3, -0.25) is 0 Å². The highest BCUT2D eigenvalue weighted by Gasteiger charge is 2.22. The van der Waals surface area contributed by atoms with Gasteiger partial charge < -0.3 is 11.1 Å². The summed E-state index contributed by atoms with van der Waals surface area (Å²) in [5, 5.41) is 3.31. The normalized spacial score (nSPS) is 15.6. The topological polar surface area (TPSA) is 38.0 Å². The Morgan fingerprint density at radius 2 is 2.21 bits per heavy atom. The van der Waals surface area contributed by atoms with Crippen LogP contribution in [0.15, 0.2) is 18.2 Å². The number of nitrogens with one attached hydrogen (secondary N) is 1. The molecule has 14 heavy (non-hydrogen) atoms. The predicted octanol–water partition coefficient (Wildman–Crippen LogP) is 1.90. The van der Waals surface area contributed by atoms with Crippen molar-refractivity contribution in [3.63, 3.8) is 0 Å². The molecule has 0 unspecified atom stereocenters. The van der Waals surface area contributed by atoms with E-state index in [-0.39, 0.29) is 5.82 Å². The third-order valence-corrected chi connectivity index (χ3v) is 2.45. The van der Waals surface area contributed by atoms with Gasteiger partial charge in [-0.25, -0.2) is 4.39 Å². The largest absolute Gasteiger partial charge is 0.382 e. The lowest BCUT2D eigenvalue weighted by molar-refractivity contribution is 0.610. The first-order valence-electron chi connectivity index (χ1n) is 5.05. The SMILES string of the molecule is NCCc1c(F)cccc1NC1CC1. The maximum absolute atomic E-state index is 13.4. The lowest BCUT2D eigenvalue weighted by atomic mass is 10.1. The van der Waals surface area contributed by atoms with Crippen LogP contribution in [0.1, 0.15) is 18.4 Å². The summed E-state index contributed by atoms with van der Waals surface area (Å²) in [6.07, 6.45) is 2.99. The van der Waals surface area contributed by atoms with Gasteiger partial charge in [-0.1, -0.05) is 6.07 Å². The Bertz CT molecular complexity index is 321. The minimum Gasteiger partial charge on any atom is -0.382 e. The molecule has 0 radical (unpaired) electrons. The molecule has 0 spiro atoms. The van der Waals surface area contributed by atoms with Crippen molar-refractivity contribution in [1.82, 2.24) is 0 Å². The minimum atomic E-state index is -0.152. The van der Waals surface area contributed by atoms with Crippen LogP contribution in [0.3, 0.4) is 0 Å². The van der Waals surface area contributed by atoms with Gasteiger partial charge in [0.2, 0.25) is 0 Å². The van der Waals surface area contributed by atoms with Crippen LogP contribution in [0.2, 0.25) is 0 Å². The number of anilines is 1. The Kier molecular flexibility index (Phi) is 2.68. The first-order chi connectivity index (χ1) is 6.81. The molecule has 0 aliphatic heterocycles. The van der Waals surface area contributed by atoms with E-state index in [1.165, 1.54) is 18.9 Å². The highest BCUT2D eigenvalue weighted by molar-refractivity contribution is 5.53. The van der Waals surface area contributed by atoms with Gasteiger partial charge in [0.25, 0.3) is 0 Å². The van der Waals surface area contributed by atoms with Crippen molar-refractivity contribution in [1.29, 1.82) is 0 Å². The molecular formula is C11H15FN2. The van der Waals surface area contributed by atoms with Gasteiger partial charge >= 0.3 is 0 Å². The molecule has 0 aromatic heterocycles. The fourth-order valence-corrected chi connectivity index (χ4v) is 1.54. The predicted molar refractivity (Wildman–Crippen MR) is 55.8 cm³/mol. The zero-order valence-corrected chi connectivity index (χ0v) is 8.09. The van der Waals surface area contributed by atoms with Crippen LogP contribution in [0.4, 0.5) is 10.1 Å². The van der Waals surface area contributed by atoms with Crippen molar-refractivity contribution >= 4 is 5.69 Å². The molecule has 1 aromatic carbocycles. The van der Waals surface area contributed by atoms with E-state index in [9.17, 15) is 4.39 Å². The van der Waals surface area contributed by atoms with Crippen LogP contribution >= 0.6 is 0 Å². The second kappa shape index (κ2) is 3.96. The summed E-state index contributed by atoms with van der Waals surface area (Å²) in [5.41, 5.74) is 7.09. The summed E-state index contributed by atoms with van der Waals surface area (Å²) in [4.78, 5) is 0. The summed E-state index contributed by atoms with van der Waals surface area (Å²) in [7, 11) is 0. The van der Waals surface area contributed by atoms with E-state index in [1.54, 1.807) is 6.07 Å². The molecule has 76 valence electrons. The zero-order valence-electron chi connectivity index (χ0n) is 8.09. The summed E-state index contributed by atoms with van der Waals surface area (Å²) < 4.78 is 13.4. The molecule has 1 aliphatic carbocycles. The van der Waals surface area contributed by atoms with E-state index in [0.29, 0.717) is 19.0 Å². The van der Waals surface area contributed by atoms with Crippen LogP contribution in [0.5, 0.6) is 0 Å². The van der Waals surface area contributed by atoms with Crippen molar-refractivity contribution < 1.29 is 4.39 Å². The number of rotatable bonds is 4. The molecule has 1 aliphatic rings. The average Bonchev–Trinajstić information content (AvgIpc) is 2.95. The van der Waals surface area contributed by atoms with E-state index in [4.69, 9.17) is 5.73 Å². The molecule has 0 atom stereocenters. The Morgan fingerprint density at radius 3 is 2.86 bits per heavy atom. The quantitative estimate of drug-likeness (QED) is 0.768. The molecular weight excluding hydrogens is 179 g/mol. The van der Waals surface area contributed by atoms with Crippen molar-refractivity contribution in [2.75, 3.05) is 11.9 Å². The standard InChI is InChI=1S/C11H15FN2/c12-10-2-1-3-11(9(10)6-7-13)14-8-4-5-8/h1-3,8,14H,4-7,13H2. The van der Waals surface area contributed by atoms with Crippen LogP contribution < -0.4 is 11.1 Å². The van der Waals surface area contributed by atoms with Gasteiger partial charge in [0, 0.05) is 17.3 Å². The molecule has 3 N–H and O–H groups in total. The second-order valence-corrected chi connectivity index (χ2v) is 3.72. The molecule has 0 bridgehead atoms. The molecule has 1 saturated carbocycles. The fraction of sp³-hybridized carbons (Fsp3) is 0.455. The molecule has 0 saturated heterocycles. The van der Waals surface area contributed by atoms with Gasteiger partial charge in [0.1, 0.15) is 5.82 Å². The summed E-state index contributed by atoms with van der Waals surface area (Å²) in [5.74, 6) is -0.152. The van der Waals surface area contributed by atoms with E-state index in [2.05, 4.69) is 5.32 Å². The van der Waals surface area contributed by atoms with Gasteiger partial charge in [0.05, 0.1) is 0 Å². The van der Waals surface area contributed by atoms with E-state index in [1.807, 2.05) is 6.07 Å². The molecule has 1 fully saturated rings. The number of nitrogens with two attached hydrogens (primary N) is 1. The third kappa shape index (κ3) is 2.04. The van der Waals surface area contributed by atoms with Crippen LogP contribution in [0.25, 0.3) is 0 Å². The van der Waals surface area contributed by atoms with E-state index in [0.717, 1.165) is 11.3 Å². The Morgan fingerprint density at radius 1 is 1.43 bits per heavy atom. The van der Waals surface area contributed by atoms with Crippen LogP contribution in [0, 0.1) is 5.82 Å². The highest BCUT2D eigenvalue weighted by Crippen LogP contribution is 2.27. The average molecular weight is 194 g/mol. The number of hydrogen-bond donors (Lipinski definition) is 2. The van der Waals surface area contributed by atoms with E-state index >= 15 is 0 Å². The van der Waals surface area contributed by atoms with E-state index < -0.39 is 0 Å². The summed E-state index contributed by atoms with van der Waals surface area (Å²) in [6.45, 7) is 0.486. The maximum Gasteiger partial charge on any atom is 0.128 e. The lowest BCUT2D eigenvalue weighted by Crippen LogP contribution is -2.10. The third-order valence-electron chi connectivity index (χ3n) is 2.45. The minimum absolute atomic E-state index is 0.152. The van der Waals surface area contributed by atoms with Gasteiger partial charge in [-0.05, 0) is 37.9 Å². The number of benzene rings is 1. The van der Waals surface area contributed by atoms with Crippen molar-refractivity contribution in [3.05, 3.63) is 29.6 Å². The highest BCUT2D eigenvalue weighted by atomic mass is 19.1. The Labute approximate surface area is 83.3 Å². The summed E-state index contributed by atoms with van der Waals surface area (Å²) in [6, 6.07) is 5.70. The zero-order chi connectivity index (χ0) is 9.97. The number of hydrogen-bond acceptors (Lipinski definition) is 2. The monoisotopic (exact) mass is 194 g/mol. The number of halogens is 1. The smallest absolute Gasteiger partial charge is 0.128 e. The van der Waals surface area contributed by atoms with Crippen molar-refractivity contribution in [2.45, 2.75) is 25.3 Å². The molecule has 2 nitrogen and oxygen atoms in total. The Balaban J connectivity index is 2.21. The molecule has 3 heteroatoms. The first-order valence-corrected chi connectivity index (χ1v) is 5.05. The van der Waals surface area contributed by atoms with Crippen molar-refractivity contribution in [2.24, 2.45) is 5.73 Å². The molecule has 0 amide bonds. The van der Waals surface area contributed by atoms with Gasteiger partial charge in [0.15, 0.2) is 0 Å². The lowest BCUT2D eigenvalue weighted by Gasteiger charge is -2.11. The first kappa shape index (κ1) is 9.46. The fourth-order valence-electron chi connectivity index (χ4n) is 1.54.